The smallest absolute Gasteiger partial charge is 0.222 e. The standard InChI is InChI=1S/C36H46ClN3O7/c1-40(21-30(42)34(45)35(46)31(43)22-41)33(44)9-5-2-6-23-10-13-29(37)24(18-23)19-39-36(15-16-36)28-20-38-17-14-26(28)27-7-3-4-8-32(27)47-25-11-12-25/h3-4,7-8,10,13-14,17-18,20,25,30-31,34-35,39,41-43,45-46H,2,5-6,9,11-12,15-16,19,21-22H2,1H3/t30-,31+,34+,35+/m1/s1. The van der Waals surface area contributed by atoms with Gasteiger partial charge in [-0.2, -0.15) is 0 Å². The van der Waals surface area contributed by atoms with Crippen LogP contribution in [0.2, 0.25) is 5.02 Å². The van der Waals surface area contributed by atoms with E-state index in [-0.39, 0.29) is 24.4 Å². The van der Waals surface area contributed by atoms with E-state index in [0.717, 1.165) is 72.1 Å². The Kier molecular flexibility index (Phi) is 11.9. The maximum atomic E-state index is 12.6. The normalized spacial score (nSPS) is 17.9. The van der Waals surface area contributed by atoms with Crippen LogP contribution in [0.4, 0.5) is 0 Å². The number of hydrogen-bond acceptors (Lipinski definition) is 9. The van der Waals surface area contributed by atoms with E-state index >= 15 is 0 Å². The number of carbonyl (C=O) groups is 1. The van der Waals surface area contributed by atoms with Gasteiger partial charge in [-0.1, -0.05) is 41.9 Å². The fourth-order valence-electron chi connectivity index (χ4n) is 5.87. The van der Waals surface area contributed by atoms with Crippen LogP contribution in [0, 0.1) is 0 Å². The molecule has 2 saturated carbocycles. The zero-order valence-electron chi connectivity index (χ0n) is 26.8. The molecule has 10 nitrogen and oxygen atoms in total. The second-order valence-corrected chi connectivity index (χ2v) is 13.3. The molecule has 3 aromatic rings. The van der Waals surface area contributed by atoms with Gasteiger partial charge in [-0.05, 0) is 85.4 Å². The van der Waals surface area contributed by atoms with E-state index in [1.54, 1.807) is 0 Å². The molecule has 1 aromatic heterocycles. The van der Waals surface area contributed by atoms with E-state index in [2.05, 4.69) is 28.5 Å². The number of nitrogens with zero attached hydrogens (tertiary/aromatic N) is 2. The van der Waals surface area contributed by atoms with Crippen LogP contribution in [-0.2, 0) is 23.3 Å². The van der Waals surface area contributed by atoms with Crippen molar-refractivity contribution in [3.8, 4) is 16.9 Å². The first-order valence-corrected chi connectivity index (χ1v) is 16.8. The van der Waals surface area contributed by atoms with Crippen molar-refractivity contribution in [3.05, 3.63) is 82.6 Å². The minimum atomic E-state index is -1.73. The molecule has 4 atom stereocenters. The number of benzene rings is 2. The van der Waals surface area contributed by atoms with E-state index in [0.29, 0.717) is 24.1 Å². The van der Waals surface area contributed by atoms with Gasteiger partial charge in [-0.15, -0.1) is 0 Å². The van der Waals surface area contributed by atoms with Gasteiger partial charge in [-0.3, -0.25) is 9.78 Å². The molecular weight excluding hydrogens is 622 g/mol. The van der Waals surface area contributed by atoms with Crippen molar-refractivity contribution < 1.29 is 35.1 Å². The van der Waals surface area contributed by atoms with Gasteiger partial charge in [0.25, 0.3) is 0 Å². The molecule has 0 bridgehead atoms. The number of aryl methyl sites for hydroxylation is 1. The number of aromatic nitrogens is 1. The molecule has 1 amide bonds. The van der Waals surface area contributed by atoms with Crippen molar-refractivity contribution >= 4 is 17.5 Å². The fraction of sp³-hybridized carbons (Fsp3) is 0.500. The number of aliphatic hydroxyl groups is 5. The first-order chi connectivity index (χ1) is 22.6. The summed E-state index contributed by atoms with van der Waals surface area (Å²) in [5.74, 6) is 0.703. The summed E-state index contributed by atoms with van der Waals surface area (Å²) in [6, 6.07) is 16.3. The first kappa shape index (κ1) is 35.2. The summed E-state index contributed by atoms with van der Waals surface area (Å²) < 4.78 is 6.24. The van der Waals surface area contributed by atoms with Crippen LogP contribution < -0.4 is 10.1 Å². The van der Waals surface area contributed by atoms with E-state index in [9.17, 15) is 25.2 Å². The highest BCUT2D eigenvalue weighted by Gasteiger charge is 2.46. The number of unbranched alkanes of at least 4 members (excludes halogenated alkanes) is 1. The predicted octanol–water partition coefficient (Wildman–Crippen LogP) is 3.33. The summed E-state index contributed by atoms with van der Waals surface area (Å²) in [5.41, 5.74) is 5.32. The quantitative estimate of drug-likeness (QED) is 0.112. The third-order valence-corrected chi connectivity index (χ3v) is 9.50. The number of para-hydroxylation sites is 1. The molecule has 2 aromatic carbocycles. The lowest BCUT2D eigenvalue weighted by atomic mass is 9.94. The molecule has 2 aliphatic rings. The molecule has 0 spiro atoms. The molecule has 6 N–H and O–H groups in total. The number of aliphatic hydroxyl groups excluding tert-OH is 5. The molecule has 47 heavy (non-hydrogen) atoms. The molecule has 254 valence electrons. The third kappa shape index (κ3) is 9.08. The first-order valence-electron chi connectivity index (χ1n) is 16.4. The predicted molar refractivity (Wildman–Crippen MR) is 179 cm³/mol. The van der Waals surface area contributed by atoms with Crippen LogP contribution >= 0.6 is 11.6 Å². The Morgan fingerprint density at radius 2 is 1.79 bits per heavy atom. The summed E-state index contributed by atoms with van der Waals surface area (Å²) in [6.45, 7) is -0.376. The number of nitrogens with one attached hydrogen (secondary N) is 1. The van der Waals surface area contributed by atoms with Crippen molar-refractivity contribution in [1.82, 2.24) is 15.2 Å². The highest BCUT2D eigenvalue weighted by molar-refractivity contribution is 6.31. The Balaban J connectivity index is 1.13. The summed E-state index contributed by atoms with van der Waals surface area (Å²) in [5, 5.41) is 52.9. The number of pyridine rings is 1. The van der Waals surface area contributed by atoms with Gasteiger partial charge >= 0.3 is 0 Å². The van der Waals surface area contributed by atoms with Gasteiger partial charge in [0.05, 0.1) is 12.7 Å². The van der Waals surface area contributed by atoms with Crippen LogP contribution in [0.25, 0.3) is 11.1 Å². The van der Waals surface area contributed by atoms with Gasteiger partial charge < -0.3 is 40.5 Å². The second-order valence-electron chi connectivity index (χ2n) is 12.9. The molecule has 0 radical (unpaired) electrons. The maximum absolute atomic E-state index is 12.6. The van der Waals surface area contributed by atoms with E-state index in [4.69, 9.17) is 21.4 Å². The fourth-order valence-corrected chi connectivity index (χ4v) is 6.05. The number of amides is 1. The number of halogens is 1. The van der Waals surface area contributed by atoms with Gasteiger partial charge in [0.15, 0.2) is 0 Å². The molecule has 0 aliphatic heterocycles. The number of ether oxygens (including phenoxy) is 1. The second kappa shape index (κ2) is 15.9. The van der Waals surface area contributed by atoms with E-state index in [1.165, 1.54) is 11.9 Å². The van der Waals surface area contributed by atoms with Crippen LogP contribution in [0.15, 0.2) is 60.9 Å². The molecule has 0 unspecified atom stereocenters. The molecule has 1 heterocycles. The lowest BCUT2D eigenvalue weighted by Gasteiger charge is -2.28. The molecular formula is C36H46ClN3O7. The molecule has 5 rings (SSSR count). The van der Waals surface area contributed by atoms with E-state index in [1.807, 2.05) is 42.7 Å². The Bertz CT molecular complexity index is 1500. The summed E-state index contributed by atoms with van der Waals surface area (Å²) in [4.78, 5) is 18.4. The van der Waals surface area contributed by atoms with Crippen LogP contribution in [0.1, 0.15) is 61.6 Å². The number of hydrogen-bond donors (Lipinski definition) is 6. The van der Waals surface area contributed by atoms with Crippen molar-refractivity contribution in [2.24, 2.45) is 0 Å². The zero-order valence-corrected chi connectivity index (χ0v) is 27.5. The minimum absolute atomic E-state index is 0.192. The summed E-state index contributed by atoms with van der Waals surface area (Å²) in [6.07, 6.45) is 4.23. The van der Waals surface area contributed by atoms with Crippen molar-refractivity contribution in [2.75, 3.05) is 20.2 Å². The highest BCUT2D eigenvalue weighted by Crippen LogP contribution is 2.50. The van der Waals surface area contributed by atoms with Crippen LogP contribution in [0.5, 0.6) is 5.75 Å². The van der Waals surface area contributed by atoms with Gasteiger partial charge in [-0.25, -0.2) is 0 Å². The molecule has 11 heteroatoms. The van der Waals surface area contributed by atoms with Gasteiger partial charge in [0, 0.05) is 55.1 Å². The highest BCUT2D eigenvalue weighted by atomic mass is 35.5. The van der Waals surface area contributed by atoms with Crippen molar-refractivity contribution in [1.29, 1.82) is 0 Å². The van der Waals surface area contributed by atoms with Gasteiger partial charge in [0.2, 0.25) is 5.91 Å². The molecule has 0 saturated heterocycles. The maximum Gasteiger partial charge on any atom is 0.222 e. The number of carbonyl (C=O) groups excluding carboxylic acids is 1. The van der Waals surface area contributed by atoms with Crippen molar-refractivity contribution in [3.63, 3.8) is 0 Å². The minimum Gasteiger partial charge on any atom is -0.490 e. The Hall–Kier alpha value is -3.09. The largest absolute Gasteiger partial charge is 0.490 e. The number of likely N-dealkylation sites (N-methyl/N-ethyl adjacent to an activating group) is 1. The summed E-state index contributed by atoms with van der Waals surface area (Å²) >= 11 is 6.64. The average molecular weight is 668 g/mol. The monoisotopic (exact) mass is 667 g/mol. The zero-order chi connectivity index (χ0) is 33.6. The van der Waals surface area contributed by atoms with E-state index < -0.39 is 31.0 Å². The number of rotatable bonds is 18. The molecule has 2 aliphatic carbocycles. The van der Waals surface area contributed by atoms with Crippen LogP contribution in [0.3, 0.4) is 0 Å². The Morgan fingerprint density at radius 1 is 1.04 bits per heavy atom. The van der Waals surface area contributed by atoms with Crippen LogP contribution in [-0.4, -0.2) is 92.0 Å². The van der Waals surface area contributed by atoms with Crippen molar-refractivity contribution in [2.45, 2.75) is 94.0 Å². The average Bonchev–Trinajstić information content (AvgIpc) is 4.03. The third-order valence-electron chi connectivity index (χ3n) is 9.13. The SMILES string of the molecule is CN(C[C@@H](O)[C@H](O)[C@@H](O)[C@@H](O)CO)C(=O)CCCCc1ccc(Cl)c(CNC2(c3cnccc3-c3ccccc3OC3CC3)CC2)c1. The lowest BCUT2D eigenvalue weighted by molar-refractivity contribution is -0.138. The molecule has 2 fully saturated rings. The van der Waals surface area contributed by atoms with Gasteiger partial charge in [0.1, 0.15) is 30.2 Å². The Labute approximate surface area is 281 Å². The summed E-state index contributed by atoms with van der Waals surface area (Å²) in [7, 11) is 1.51. The lowest BCUT2D eigenvalue weighted by Crippen LogP contribution is -2.49. The Morgan fingerprint density at radius 3 is 2.51 bits per heavy atom. The topological polar surface area (TPSA) is 156 Å².